The lowest BCUT2D eigenvalue weighted by molar-refractivity contribution is -0.385. The second kappa shape index (κ2) is 5.97. The number of aromatic carboxylic acids is 1. The Labute approximate surface area is 103 Å². The number of hydrogen-bond acceptors (Lipinski definition) is 5. The Kier molecular flexibility index (Phi) is 4.61. The van der Waals surface area contributed by atoms with E-state index >= 15 is 0 Å². The van der Waals surface area contributed by atoms with Gasteiger partial charge in [-0.15, -0.1) is 0 Å². The topological polar surface area (TPSA) is 98.9 Å². The van der Waals surface area contributed by atoms with Crippen LogP contribution in [0.5, 0.6) is 5.75 Å². The summed E-state index contributed by atoms with van der Waals surface area (Å²) >= 11 is 0. The van der Waals surface area contributed by atoms with Gasteiger partial charge in [-0.05, 0) is 13.0 Å². The van der Waals surface area contributed by atoms with Gasteiger partial charge >= 0.3 is 11.7 Å². The van der Waals surface area contributed by atoms with Crippen LogP contribution in [0.1, 0.15) is 17.3 Å². The number of carboxylic acids is 1. The van der Waals surface area contributed by atoms with Crippen LogP contribution < -0.4 is 4.74 Å². The van der Waals surface area contributed by atoms with E-state index < -0.39 is 10.9 Å². The molecule has 0 bridgehead atoms. The van der Waals surface area contributed by atoms with Crippen molar-refractivity contribution in [2.45, 2.75) is 13.0 Å². The molecule has 0 saturated heterocycles. The van der Waals surface area contributed by atoms with Gasteiger partial charge in [0.1, 0.15) is 6.61 Å². The third-order valence-electron chi connectivity index (χ3n) is 2.28. The standard InChI is InChI=1S/C11H13NO6/c1-7(17-2)6-18-10-5-8(11(13)14)3-4-9(10)12(15)16/h3-5,7H,6H2,1-2H3,(H,13,14). The summed E-state index contributed by atoms with van der Waals surface area (Å²) < 4.78 is 10.2. The van der Waals surface area contributed by atoms with Crippen molar-refractivity contribution in [3.05, 3.63) is 33.9 Å². The van der Waals surface area contributed by atoms with Crippen molar-refractivity contribution in [3.63, 3.8) is 0 Å². The lowest BCUT2D eigenvalue weighted by Crippen LogP contribution is -2.16. The molecule has 0 heterocycles. The second-order valence-corrected chi connectivity index (χ2v) is 3.60. The van der Waals surface area contributed by atoms with Crippen LogP contribution in [0, 0.1) is 10.1 Å². The Balaban J connectivity index is 3.00. The highest BCUT2D eigenvalue weighted by atomic mass is 16.6. The number of nitro groups is 1. The molecule has 0 aliphatic carbocycles. The highest BCUT2D eigenvalue weighted by molar-refractivity contribution is 5.88. The monoisotopic (exact) mass is 255 g/mol. The minimum Gasteiger partial charge on any atom is -0.484 e. The fourth-order valence-corrected chi connectivity index (χ4v) is 1.19. The summed E-state index contributed by atoms with van der Waals surface area (Å²) in [5, 5.41) is 19.6. The number of nitro benzene ring substituents is 1. The van der Waals surface area contributed by atoms with E-state index in [0.29, 0.717) is 0 Å². The lowest BCUT2D eigenvalue weighted by Gasteiger charge is -2.11. The van der Waals surface area contributed by atoms with Crippen molar-refractivity contribution < 1.29 is 24.3 Å². The van der Waals surface area contributed by atoms with Gasteiger partial charge in [-0.2, -0.15) is 0 Å². The van der Waals surface area contributed by atoms with Crippen molar-refractivity contribution >= 4 is 11.7 Å². The third-order valence-corrected chi connectivity index (χ3v) is 2.28. The fourth-order valence-electron chi connectivity index (χ4n) is 1.19. The maximum atomic E-state index is 10.8. The molecule has 0 amide bonds. The van der Waals surface area contributed by atoms with Gasteiger partial charge < -0.3 is 14.6 Å². The number of nitrogens with zero attached hydrogens (tertiary/aromatic N) is 1. The Morgan fingerprint density at radius 1 is 1.56 bits per heavy atom. The Morgan fingerprint density at radius 3 is 2.72 bits per heavy atom. The smallest absolute Gasteiger partial charge is 0.335 e. The fraction of sp³-hybridized carbons (Fsp3) is 0.364. The van der Waals surface area contributed by atoms with Crippen LogP contribution in [0.25, 0.3) is 0 Å². The third kappa shape index (κ3) is 3.42. The zero-order valence-electron chi connectivity index (χ0n) is 9.95. The molecule has 0 aliphatic heterocycles. The van der Waals surface area contributed by atoms with Crippen LogP contribution in [0.15, 0.2) is 18.2 Å². The van der Waals surface area contributed by atoms with E-state index in [4.69, 9.17) is 14.6 Å². The molecule has 7 nitrogen and oxygen atoms in total. The van der Waals surface area contributed by atoms with E-state index in [9.17, 15) is 14.9 Å². The number of carbonyl (C=O) groups is 1. The van der Waals surface area contributed by atoms with Gasteiger partial charge in [0, 0.05) is 19.2 Å². The number of carboxylic acid groups (broad SMARTS) is 1. The van der Waals surface area contributed by atoms with E-state index in [2.05, 4.69) is 0 Å². The molecule has 0 saturated carbocycles. The predicted molar refractivity (Wildman–Crippen MR) is 62.0 cm³/mol. The number of hydrogen-bond donors (Lipinski definition) is 1. The predicted octanol–water partition coefficient (Wildman–Crippen LogP) is 1.71. The average molecular weight is 255 g/mol. The van der Waals surface area contributed by atoms with Crippen LogP contribution in [0.4, 0.5) is 5.69 Å². The number of rotatable bonds is 6. The molecule has 7 heteroatoms. The molecule has 98 valence electrons. The summed E-state index contributed by atoms with van der Waals surface area (Å²) in [6.45, 7) is 1.83. The minimum atomic E-state index is -1.17. The van der Waals surface area contributed by atoms with Crippen LogP contribution in [-0.2, 0) is 4.74 Å². The van der Waals surface area contributed by atoms with Crippen molar-refractivity contribution in [1.29, 1.82) is 0 Å². The van der Waals surface area contributed by atoms with Crippen molar-refractivity contribution in [3.8, 4) is 5.75 Å². The lowest BCUT2D eigenvalue weighted by atomic mass is 10.2. The normalized spacial score (nSPS) is 11.9. The van der Waals surface area contributed by atoms with E-state index in [1.807, 2.05) is 0 Å². The molecule has 1 aromatic carbocycles. The van der Waals surface area contributed by atoms with Crippen LogP contribution in [0.3, 0.4) is 0 Å². The summed E-state index contributed by atoms with van der Waals surface area (Å²) in [7, 11) is 1.48. The van der Waals surface area contributed by atoms with Crippen molar-refractivity contribution in [2.24, 2.45) is 0 Å². The molecule has 0 spiro atoms. The highest BCUT2D eigenvalue weighted by Gasteiger charge is 2.18. The Bertz CT molecular complexity index is 459. The molecular formula is C11H13NO6. The minimum absolute atomic E-state index is 0.0688. The van der Waals surface area contributed by atoms with E-state index in [1.54, 1.807) is 6.92 Å². The van der Waals surface area contributed by atoms with Gasteiger partial charge in [0.05, 0.1) is 16.6 Å². The largest absolute Gasteiger partial charge is 0.484 e. The van der Waals surface area contributed by atoms with Crippen LogP contribution in [0.2, 0.25) is 0 Å². The number of ether oxygens (including phenoxy) is 2. The summed E-state index contributed by atoms with van der Waals surface area (Å²) in [6.07, 6.45) is -0.252. The van der Waals surface area contributed by atoms with E-state index in [1.165, 1.54) is 7.11 Å². The molecule has 0 radical (unpaired) electrons. The first-order chi connectivity index (χ1) is 8.45. The SMILES string of the molecule is COC(C)COc1cc(C(=O)O)ccc1[N+](=O)[O-]. The zero-order chi connectivity index (χ0) is 13.7. The van der Waals surface area contributed by atoms with Gasteiger partial charge in [-0.1, -0.05) is 0 Å². The van der Waals surface area contributed by atoms with Crippen LogP contribution in [-0.4, -0.2) is 35.8 Å². The Morgan fingerprint density at radius 2 is 2.22 bits per heavy atom. The summed E-state index contributed by atoms with van der Waals surface area (Å²) in [5.74, 6) is -1.25. The molecule has 1 atom stereocenters. The van der Waals surface area contributed by atoms with Gasteiger partial charge in [-0.3, -0.25) is 10.1 Å². The molecule has 1 unspecified atom stereocenters. The second-order valence-electron chi connectivity index (χ2n) is 3.60. The van der Waals surface area contributed by atoms with Crippen molar-refractivity contribution in [1.82, 2.24) is 0 Å². The summed E-state index contributed by atoms with van der Waals surface area (Å²) in [5.41, 5.74) is -0.344. The van der Waals surface area contributed by atoms with Gasteiger partial charge in [-0.25, -0.2) is 4.79 Å². The molecule has 1 N–H and O–H groups in total. The molecular weight excluding hydrogens is 242 g/mol. The highest BCUT2D eigenvalue weighted by Crippen LogP contribution is 2.28. The van der Waals surface area contributed by atoms with E-state index in [-0.39, 0.29) is 29.7 Å². The maximum absolute atomic E-state index is 10.8. The quantitative estimate of drug-likeness (QED) is 0.613. The van der Waals surface area contributed by atoms with Crippen LogP contribution >= 0.6 is 0 Å². The molecule has 1 rings (SSSR count). The zero-order valence-corrected chi connectivity index (χ0v) is 9.95. The Hall–Kier alpha value is -2.15. The van der Waals surface area contributed by atoms with E-state index in [0.717, 1.165) is 18.2 Å². The molecule has 0 fully saturated rings. The number of benzene rings is 1. The van der Waals surface area contributed by atoms with Gasteiger partial charge in [0.2, 0.25) is 0 Å². The molecule has 1 aromatic rings. The first kappa shape index (κ1) is 13.9. The summed E-state index contributed by atoms with van der Waals surface area (Å²) in [4.78, 5) is 20.9. The van der Waals surface area contributed by atoms with Gasteiger partial charge in [0.25, 0.3) is 0 Å². The maximum Gasteiger partial charge on any atom is 0.335 e. The first-order valence-electron chi connectivity index (χ1n) is 5.13. The first-order valence-corrected chi connectivity index (χ1v) is 5.13. The number of methoxy groups -OCH3 is 1. The van der Waals surface area contributed by atoms with Gasteiger partial charge in [0.15, 0.2) is 5.75 Å². The average Bonchev–Trinajstić information content (AvgIpc) is 2.35. The van der Waals surface area contributed by atoms with Crippen molar-refractivity contribution in [2.75, 3.05) is 13.7 Å². The molecule has 0 aliphatic rings. The molecule has 18 heavy (non-hydrogen) atoms. The molecule has 0 aromatic heterocycles. The summed E-state index contributed by atoms with van der Waals surface area (Å²) in [6, 6.07) is 3.40.